The fourth-order valence-corrected chi connectivity index (χ4v) is 3.76. The highest BCUT2D eigenvalue weighted by Crippen LogP contribution is 2.20. The van der Waals surface area contributed by atoms with E-state index in [4.69, 9.17) is 0 Å². The van der Waals surface area contributed by atoms with E-state index in [1.165, 1.54) is 0 Å². The monoisotopic (exact) mass is 387 g/mol. The van der Waals surface area contributed by atoms with Crippen LogP contribution < -0.4 is 5.32 Å². The minimum Gasteiger partial charge on any atom is -0.336 e. The highest BCUT2D eigenvalue weighted by atomic mass is 16.2. The van der Waals surface area contributed by atoms with Crippen LogP contribution in [0.2, 0.25) is 0 Å². The van der Waals surface area contributed by atoms with Gasteiger partial charge in [0, 0.05) is 50.4 Å². The SMILES string of the molecule is O=C(CCN1CCN(C(=O)c2cccc3ccccc23)CC1)Nc1ccccc1. The van der Waals surface area contributed by atoms with Crippen LogP contribution in [0.4, 0.5) is 5.69 Å². The Balaban J connectivity index is 1.29. The third kappa shape index (κ3) is 4.63. The number of anilines is 1. The van der Waals surface area contributed by atoms with Gasteiger partial charge in [-0.1, -0.05) is 54.6 Å². The number of nitrogens with one attached hydrogen (secondary N) is 1. The number of hydrogen-bond acceptors (Lipinski definition) is 3. The van der Waals surface area contributed by atoms with Crippen molar-refractivity contribution in [2.75, 3.05) is 38.0 Å². The van der Waals surface area contributed by atoms with Crippen LogP contribution in [-0.2, 0) is 4.79 Å². The molecule has 0 unspecified atom stereocenters. The van der Waals surface area contributed by atoms with Gasteiger partial charge in [0.2, 0.25) is 5.91 Å². The lowest BCUT2D eigenvalue weighted by molar-refractivity contribution is -0.116. The zero-order valence-corrected chi connectivity index (χ0v) is 16.4. The summed E-state index contributed by atoms with van der Waals surface area (Å²) < 4.78 is 0. The van der Waals surface area contributed by atoms with Crippen molar-refractivity contribution in [2.24, 2.45) is 0 Å². The van der Waals surface area contributed by atoms with Gasteiger partial charge >= 0.3 is 0 Å². The quantitative estimate of drug-likeness (QED) is 0.727. The minimum atomic E-state index is 0.0189. The third-order valence-electron chi connectivity index (χ3n) is 5.39. The molecule has 5 heteroatoms. The van der Waals surface area contributed by atoms with Gasteiger partial charge in [-0.25, -0.2) is 0 Å². The summed E-state index contributed by atoms with van der Waals surface area (Å²) >= 11 is 0. The molecule has 5 nitrogen and oxygen atoms in total. The molecule has 1 saturated heterocycles. The van der Waals surface area contributed by atoms with E-state index in [2.05, 4.69) is 10.2 Å². The number of amides is 2. The molecule has 3 aromatic carbocycles. The van der Waals surface area contributed by atoms with Gasteiger partial charge in [-0.05, 0) is 29.0 Å². The lowest BCUT2D eigenvalue weighted by atomic mass is 10.0. The first-order valence-corrected chi connectivity index (χ1v) is 10.0. The maximum absolute atomic E-state index is 13.0. The van der Waals surface area contributed by atoms with Gasteiger partial charge in [0.15, 0.2) is 0 Å². The van der Waals surface area contributed by atoms with Crippen LogP contribution in [0.25, 0.3) is 10.8 Å². The van der Waals surface area contributed by atoms with Crippen molar-refractivity contribution in [2.45, 2.75) is 6.42 Å². The number of para-hydroxylation sites is 1. The molecule has 148 valence electrons. The fraction of sp³-hybridized carbons (Fsp3) is 0.250. The van der Waals surface area contributed by atoms with Gasteiger partial charge < -0.3 is 10.2 Å². The van der Waals surface area contributed by atoms with E-state index in [9.17, 15) is 9.59 Å². The molecule has 0 aromatic heterocycles. The topological polar surface area (TPSA) is 52.7 Å². The van der Waals surface area contributed by atoms with Crippen LogP contribution >= 0.6 is 0 Å². The molecule has 4 rings (SSSR count). The Morgan fingerprint density at radius 3 is 2.28 bits per heavy atom. The van der Waals surface area contributed by atoms with Crippen LogP contribution in [0.15, 0.2) is 72.8 Å². The van der Waals surface area contributed by atoms with Crippen LogP contribution in [0.5, 0.6) is 0 Å². The maximum Gasteiger partial charge on any atom is 0.254 e. The molecule has 29 heavy (non-hydrogen) atoms. The molecule has 0 radical (unpaired) electrons. The zero-order valence-electron chi connectivity index (χ0n) is 16.4. The molecule has 0 atom stereocenters. The molecule has 0 spiro atoms. The summed E-state index contributed by atoms with van der Waals surface area (Å²) in [4.78, 5) is 29.3. The van der Waals surface area contributed by atoms with E-state index in [1.807, 2.05) is 77.7 Å². The Bertz CT molecular complexity index is 990. The van der Waals surface area contributed by atoms with Crippen molar-refractivity contribution in [3.05, 3.63) is 78.4 Å². The predicted octanol–water partition coefficient (Wildman–Crippen LogP) is 3.63. The standard InChI is InChI=1S/C24H25N3O2/c28-23(25-20-9-2-1-3-10-20)13-14-26-15-17-27(18-16-26)24(29)22-12-6-8-19-7-4-5-11-21(19)22/h1-12H,13-18H2,(H,25,28). The van der Waals surface area contributed by atoms with E-state index in [0.717, 1.165) is 35.1 Å². The first-order valence-electron chi connectivity index (χ1n) is 10.0. The van der Waals surface area contributed by atoms with Crippen LogP contribution in [0.1, 0.15) is 16.8 Å². The summed E-state index contributed by atoms with van der Waals surface area (Å²) in [5.41, 5.74) is 1.58. The molecule has 1 N–H and O–H groups in total. The van der Waals surface area contributed by atoms with Gasteiger partial charge in [-0.2, -0.15) is 0 Å². The fourth-order valence-electron chi connectivity index (χ4n) is 3.76. The number of hydrogen-bond donors (Lipinski definition) is 1. The second-order valence-corrected chi connectivity index (χ2v) is 7.32. The molecule has 1 aliphatic heterocycles. The zero-order chi connectivity index (χ0) is 20.1. The van der Waals surface area contributed by atoms with E-state index in [-0.39, 0.29) is 11.8 Å². The largest absolute Gasteiger partial charge is 0.336 e. The highest BCUT2D eigenvalue weighted by Gasteiger charge is 2.23. The Labute approximate surface area is 170 Å². The molecule has 0 saturated carbocycles. The van der Waals surface area contributed by atoms with E-state index >= 15 is 0 Å². The van der Waals surface area contributed by atoms with E-state index in [1.54, 1.807) is 0 Å². The lowest BCUT2D eigenvalue weighted by Gasteiger charge is -2.34. The average Bonchev–Trinajstić information content (AvgIpc) is 2.78. The third-order valence-corrected chi connectivity index (χ3v) is 5.39. The second kappa shape index (κ2) is 8.88. The molecule has 0 aliphatic carbocycles. The van der Waals surface area contributed by atoms with Gasteiger partial charge in [0.1, 0.15) is 0 Å². The molecule has 0 bridgehead atoms. The van der Waals surface area contributed by atoms with Crippen LogP contribution in [0.3, 0.4) is 0 Å². The summed E-state index contributed by atoms with van der Waals surface area (Å²) in [6, 6.07) is 23.4. The molecule has 3 aromatic rings. The first-order chi connectivity index (χ1) is 14.2. The first kappa shape index (κ1) is 19.2. The minimum absolute atomic E-state index is 0.0189. The number of rotatable bonds is 5. The van der Waals surface area contributed by atoms with Crippen molar-refractivity contribution in [1.82, 2.24) is 9.80 Å². The number of carbonyl (C=O) groups is 2. The van der Waals surface area contributed by atoms with Crippen molar-refractivity contribution in [1.29, 1.82) is 0 Å². The number of fused-ring (bicyclic) bond motifs is 1. The van der Waals surface area contributed by atoms with Crippen molar-refractivity contribution in [3.8, 4) is 0 Å². The molecule has 1 heterocycles. The number of benzene rings is 3. The lowest BCUT2D eigenvalue weighted by Crippen LogP contribution is -2.49. The van der Waals surface area contributed by atoms with Gasteiger partial charge in [-0.15, -0.1) is 0 Å². The Hall–Kier alpha value is -3.18. The van der Waals surface area contributed by atoms with Crippen molar-refractivity contribution in [3.63, 3.8) is 0 Å². The Kier molecular flexibility index (Phi) is 5.86. The van der Waals surface area contributed by atoms with E-state index < -0.39 is 0 Å². The van der Waals surface area contributed by atoms with Crippen LogP contribution in [0, 0.1) is 0 Å². The van der Waals surface area contributed by atoms with Gasteiger partial charge in [0.05, 0.1) is 0 Å². The molecule has 1 aliphatic rings. The van der Waals surface area contributed by atoms with Crippen molar-refractivity contribution >= 4 is 28.3 Å². The predicted molar refractivity (Wildman–Crippen MR) is 116 cm³/mol. The molecule has 2 amide bonds. The summed E-state index contributed by atoms with van der Waals surface area (Å²) in [5, 5.41) is 5.00. The second-order valence-electron chi connectivity index (χ2n) is 7.32. The summed E-state index contributed by atoms with van der Waals surface area (Å²) in [5.74, 6) is 0.105. The molecular weight excluding hydrogens is 362 g/mol. The molecule has 1 fully saturated rings. The van der Waals surface area contributed by atoms with E-state index in [0.29, 0.717) is 26.1 Å². The Morgan fingerprint density at radius 2 is 1.48 bits per heavy atom. The summed E-state index contributed by atoms with van der Waals surface area (Å²) in [6.07, 6.45) is 0.451. The van der Waals surface area contributed by atoms with Crippen molar-refractivity contribution < 1.29 is 9.59 Å². The number of piperazine rings is 1. The van der Waals surface area contributed by atoms with Crippen LogP contribution in [-0.4, -0.2) is 54.3 Å². The van der Waals surface area contributed by atoms with Gasteiger partial charge in [-0.3, -0.25) is 14.5 Å². The molecular formula is C24H25N3O2. The number of carbonyl (C=O) groups excluding carboxylic acids is 2. The summed E-state index contributed by atoms with van der Waals surface area (Å²) in [6.45, 7) is 3.64. The Morgan fingerprint density at radius 1 is 0.793 bits per heavy atom. The normalized spacial score (nSPS) is 14.7. The highest BCUT2D eigenvalue weighted by molar-refractivity contribution is 6.07. The number of nitrogens with zero attached hydrogens (tertiary/aromatic N) is 2. The van der Waals surface area contributed by atoms with Gasteiger partial charge in [0.25, 0.3) is 5.91 Å². The summed E-state index contributed by atoms with van der Waals surface area (Å²) in [7, 11) is 0. The maximum atomic E-state index is 13.0. The average molecular weight is 387 g/mol. The smallest absolute Gasteiger partial charge is 0.254 e.